The first-order valence-electron chi connectivity index (χ1n) is 6.14. The van der Waals surface area contributed by atoms with Crippen molar-refractivity contribution in [2.45, 2.75) is 39.2 Å². The summed E-state index contributed by atoms with van der Waals surface area (Å²) >= 11 is 0. The minimum atomic E-state index is 0.242. The third-order valence-corrected chi connectivity index (χ3v) is 4.00. The Bertz CT molecular complexity index is 250. The largest absolute Gasteiger partial charge is 0.342 e. The fourth-order valence-electron chi connectivity index (χ4n) is 2.45. The van der Waals surface area contributed by atoms with E-state index in [1.165, 1.54) is 12.8 Å². The van der Waals surface area contributed by atoms with E-state index in [2.05, 4.69) is 13.8 Å². The minimum absolute atomic E-state index is 0.242. The van der Waals surface area contributed by atoms with Gasteiger partial charge in [-0.15, -0.1) is 0 Å². The molecule has 2 rings (SSSR count). The molecule has 1 saturated heterocycles. The Balaban J connectivity index is 1.90. The maximum atomic E-state index is 12.1. The lowest BCUT2D eigenvalue weighted by atomic mass is 9.93. The summed E-state index contributed by atoms with van der Waals surface area (Å²) < 4.78 is 0. The summed E-state index contributed by atoms with van der Waals surface area (Å²) in [6, 6.07) is 0.283. The Morgan fingerprint density at radius 3 is 2.60 bits per heavy atom. The highest BCUT2D eigenvalue weighted by Gasteiger charge is 2.36. The number of carbonyl (C=O) groups is 1. The zero-order valence-electron chi connectivity index (χ0n) is 9.78. The van der Waals surface area contributed by atoms with Crippen molar-refractivity contribution in [2.75, 3.05) is 13.1 Å². The topological polar surface area (TPSA) is 46.3 Å². The van der Waals surface area contributed by atoms with Crippen molar-refractivity contribution in [3.63, 3.8) is 0 Å². The van der Waals surface area contributed by atoms with Crippen LogP contribution in [0, 0.1) is 17.8 Å². The molecule has 1 heterocycles. The van der Waals surface area contributed by atoms with Gasteiger partial charge in [-0.2, -0.15) is 0 Å². The number of rotatable bonds is 2. The monoisotopic (exact) mass is 210 g/mol. The molecule has 1 amide bonds. The van der Waals surface area contributed by atoms with Crippen LogP contribution in [-0.4, -0.2) is 29.9 Å². The molecular formula is C12H22N2O. The van der Waals surface area contributed by atoms with Crippen LogP contribution < -0.4 is 5.73 Å². The summed E-state index contributed by atoms with van der Waals surface area (Å²) in [7, 11) is 0. The molecule has 0 radical (unpaired) electrons. The second-order valence-electron chi connectivity index (χ2n) is 5.34. The van der Waals surface area contributed by atoms with E-state index in [-0.39, 0.29) is 12.0 Å². The lowest BCUT2D eigenvalue weighted by molar-refractivity contribution is -0.137. The van der Waals surface area contributed by atoms with Crippen LogP contribution >= 0.6 is 0 Å². The Labute approximate surface area is 92.0 Å². The van der Waals surface area contributed by atoms with Crippen molar-refractivity contribution < 1.29 is 4.79 Å². The van der Waals surface area contributed by atoms with Gasteiger partial charge in [0.05, 0.1) is 0 Å². The van der Waals surface area contributed by atoms with Gasteiger partial charge in [-0.25, -0.2) is 0 Å². The Kier molecular flexibility index (Phi) is 3.01. The predicted molar refractivity (Wildman–Crippen MR) is 60.2 cm³/mol. The standard InChI is InChI=1S/C12H22N2O/c1-8-7-14(6-5-11(8)13)12(15)9(2)10-3-4-10/h8-11H,3-7,13H2,1-2H3. The van der Waals surface area contributed by atoms with Crippen LogP contribution in [0.15, 0.2) is 0 Å². The molecule has 0 aromatic carbocycles. The normalized spacial score (nSPS) is 33.9. The number of carbonyl (C=O) groups excluding carboxylic acids is 1. The maximum absolute atomic E-state index is 12.1. The van der Waals surface area contributed by atoms with E-state index in [9.17, 15) is 4.79 Å². The van der Waals surface area contributed by atoms with E-state index in [1.807, 2.05) is 4.90 Å². The van der Waals surface area contributed by atoms with E-state index in [1.54, 1.807) is 0 Å². The zero-order chi connectivity index (χ0) is 11.0. The van der Waals surface area contributed by atoms with Crippen LogP contribution in [0.3, 0.4) is 0 Å². The van der Waals surface area contributed by atoms with Crippen molar-refractivity contribution in [3.8, 4) is 0 Å². The number of likely N-dealkylation sites (tertiary alicyclic amines) is 1. The van der Waals surface area contributed by atoms with Gasteiger partial charge in [-0.3, -0.25) is 4.79 Å². The molecule has 2 aliphatic rings. The van der Waals surface area contributed by atoms with Gasteiger partial charge in [0, 0.05) is 25.0 Å². The SMILES string of the molecule is CC1CN(C(=O)C(C)C2CC2)CCC1N. The highest BCUT2D eigenvalue weighted by molar-refractivity contribution is 5.79. The average molecular weight is 210 g/mol. The summed E-state index contributed by atoms with van der Waals surface area (Å²) in [4.78, 5) is 14.1. The number of nitrogens with zero attached hydrogens (tertiary/aromatic N) is 1. The molecule has 0 spiro atoms. The quantitative estimate of drug-likeness (QED) is 0.745. The lowest BCUT2D eigenvalue weighted by Gasteiger charge is -2.36. The van der Waals surface area contributed by atoms with Crippen LogP contribution in [0.1, 0.15) is 33.1 Å². The lowest BCUT2D eigenvalue weighted by Crippen LogP contribution is -2.49. The third kappa shape index (κ3) is 2.33. The molecule has 2 N–H and O–H groups in total. The molecule has 3 heteroatoms. The van der Waals surface area contributed by atoms with Crippen LogP contribution in [0.25, 0.3) is 0 Å². The van der Waals surface area contributed by atoms with Crippen molar-refractivity contribution in [3.05, 3.63) is 0 Å². The average Bonchev–Trinajstić information content (AvgIpc) is 3.03. The Morgan fingerprint density at radius 2 is 2.07 bits per heavy atom. The first-order valence-corrected chi connectivity index (χ1v) is 6.14. The summed E-state index contributed by atoms with van der Waals surface area (Å²) in [5, 5.41) is 0. The van der Waals surface area contributed by atoms with Gasteiger partial charge in [0.15, 0.2) is 0 Å². The molecule has 2 fully saturated rings. The highest BCUT2D eigenvalue weighted by Crippen LogP contribution is 2.37. The number of hydrogen-bond acceptors (Lipinski definition) is 2. The van der Waals surface area contributed by atoms with Crippen molar-refractivity contribution in [1.82, 2.24) is 4.90 Å². The molecule has 0 aromatic heterocycles. The first-order chi connectivity index (χ1) is 7.09. The van der Waals surface area contributed by atoms with E-state index >= 15 is 0 Å². The molecule has 1 aliphatic heterocycles. The molecule has 0 bridgehead atoms. The van der Waals surface area contributed by atoms with Crippen LogP contribution in [0.4, 0.5) is 0 Å². The van der Waals surface area contributed by atoms with E-state index in [4.69, 9.17) is 5.73 Å². The van der Waals surface area contributed by atoms with Gasteiger partial charge < -0.3 is 10.6 Å². The highest BCUT2D eigenvalue weighted by atomic mass is 16.2. The number of piperidine rings is 1. The minimum Gasteiger partial charge on any atom is -0.342 e. The number of hydrogen-bond donors (Lipinski definition) is 1. The Hall–Kier alpha value is -0.570. The third-order valence-electron chi connectivity index (χ3n) is 4.00. The smallest absolute Gasteiger partial charge is 0.225 e. The maximum Gasteiger partial charge on any atom is 0.225 e. The van der Waals surface area contributed by atoms with E-state index < -0.39 is 0 Å². The van der Waals surface area contributed by atoms with E-state index in [0.717, 1.165) is 19.5 Å². The molecule has 1 aliphatic carbocycles. The zero-order valence-corrected chi connectivity index (χ0v) is 9.78. The Morgan fingerprint density at radius 1 is 1.40 bits per heavy atom. The molecule has 3 atom stereocenters. The van der Waals surface area contributed by atoms with Gasteiger partial charge in [0.25, 0.3) is 0 Å². The van der Waals surface area contributed by atoms with Crippen molar-refractivity contribution >= 4 is 5.91 Å². The number of amides is 1. The van der Waals surface area contributed by atoms with Gasteiger partial charge in [-0.1, -0.05) is 13.8 Å². The molecular weight excluding hydrogens is 188 g/mol. The predicted octanol–water partition coefficient (Wildman–Crippen LogP) is 1.23. The first kappa shape index (κ1) is 10.9. The molecule has 3 unspecified atom stereocenters. The molecule has 86 valence electrons. The van der Waals surface area contributed by atoms with Crippen molar-refractivity contribution in [2.24, 2.45) is 23.5 Å². The van der Waals surface area contributed by atoms with Gasteiger partial charge in [0.2, 0.25) is 5.91 Å². The molecule has 3 nitrogen and oxygen atoms in total. The van der Waals surface area contributed by atoms with Crippen LogP contribution in [-0.2, 0) is 4.79 Å². The summed E-state index contributed by atoms with van der Waals surface area (Å²) in [5.41, 5.74) is 5.95. The van der Waals surface area contributed by atoms with Crippen LogP contribution in [0.5, 0.6) is 0 Å². The van der Waals surface area contributed by atoms with Crippen molar-refractivity contribution in [1.29, 1.82) is 0 Å². The fraction of sp³-hybridized carbons (Fsp3) is 0.917. The van der Waals surface area contributed by atoms with Gasteiger partial charge in [0.1, 0.15) is 0 Å². The fourth-order valence-corrected chi connectivity index (χ4v) is 2.45. The number of nitrogens with two attached hydrogens (primary N) is 1. The molecule has 0 aromatic rings. The molecule has 1 saturated carbocycles. The van der Waals surface area contributed by atoms with E-state index in [0.29, 0.717) is 17.7 Å². The molecule has 15 heavy (non-hydrogen) atoms. The summed E-state index contributed by atoms with van der Waals surface area (Å²) in [5.74, 6) is 1.72. The second kappa shape index (κ2) is 4.12. The second-order valence-corrected chi connectivity index (χ2v) is 5.34. The summed E-state index contributed by atoms with van der Waals surface area (Å²) in [6.07, 6.45) is 3.45. The van der Waals surface area contributed by atoms with Crippen LogP contribution in [0.2, 0.25) is 0 Å². The van der Waals surface area contributed by atoms with Gasteiger partial charge in [-0.05, 0) is 31.1 Å². The van der Waals surface area contributed by atoms with Gasteiger partial charge >= 0.3 is 0 Å². The summed E-state index contributed by atoms with van der Waals surface area (Å²) in [6.45, 7) is 5.95.